The van der Waals surface area contributed by atoms with Gasteiger partial charge in [-0.3, -0.25) is 9.78 Å². The van der Waals surface area contributed by atoms with E-state index in [9.17, 15) is 13.2 Å². The lowest BCUT2D eigenvalue weighted by atomic mass is 10.2. The van der Waals surface area contributed by atoms with Gasteiger partial charge in [0.25, 0.3) is 0 Å². The second-order valence-electron chi connectivity index (χ2n) is 6.56. The highest BCUT2D eigenvalue weighted by Gasteiger charge is 2.27. The van der Waals surface area contributed by atoms with Gasteiger partial charge in [-0.2, -0.15) is 9.29 Å². The molecule has 4 rings (SSSR count). The van der Waals surface area contributed by atoms with Crippen LogP contribution in [0.4, 0.5) is 0 Å². The molecule has 1 fully saturated rings. The summed E-state index contributed by atoms with van der Waals surface area (Å²) in [7, 11) is -3.48. The van der Waals surface area contributed by atoms with Crippen molar-refractivity contribution in [1.82, 2.24) is 24.7 Å². The molecule has 1 N–H and O–H groups in total. The van der Waals surface area contributed by atoms with E-state index in [2.05, 4.69) is 20.4 Å². The molecule has 10 heteroatoms. The monoisotopic (exact) mass is 413 g/mol. The number of amides is 1. The van der Waals surface area contributed by atoms with Gasteiger partial charge >= 0.3 is 11.8 Å². The van der Waals surface area contributed by atoms with Crippen molar-refractivity contribution in [3.8, 4) is 11.4 Å². The number of pyridine rings is 1. The highest BCUT2D eigenvalue weighted by Crippen LogP contribution is 2.23. The van der Waals surface area contributed by atoms with Crippen LogP contribution in [0.1, 0.15) is 29.2 Å². The normalized spacial score (nSPS) is 14.8. The predicted molar refractivity (Wildman–Crippen MR) is 103 cm³/mol. The average molecular weight is 413 g/mol. The molecule has 0 spiro atoms. The molecule has 1 aromatic carbocycles. The maximum absolute atomic E-state index is 12.6. The third-order valence-electron chi connectivity index (χ3n) is 4.59. The molecule has 0 radical (unpaired) electrons. The molecule has 150 valence electrons. The number of hydrogen-bond donors (Lipinski definition) is 1. The Morgan fingerprint density at radius 3 is 2.55 bits per heavy atom. The molecule has 1 aliphatic heterocycles. The Labute approximate surface area is 167 Å². The Hall–Kier alpha value is -3.11. The Balaban J connectivity index is 1.44. The lowest BCUT2D eigenvalue weighted by molar-refractivity contribution is 0.0906. The SMILES string of the molecule is O=C(NCc1ccccn1)c1nc(-c2ccc(S(=O)(=O)N3CCCC3)cc2)no1. The molecule has 2 aromatic heterocycles. The molecule has 0 unspecified atom stereocenters. The smallest absolute Gasteiger partial charge is 0.316 e. The van der Waals surface area contributed by atoms with E-state index in [1.54, 1.807) is 30.5 Å². The molecule has 29 heavy (non-hydrogen) atoms. The van der Waals surface area contributed by atoms with E-state index >= 15 is 0 Å². The molecule has 1 aliphatic rings. The van der Waals surface area contributed by atoms with Gasteiger partial charge in [-0.15, -0.1) is 0 Å². The minimum atomic E-state index is -3.48. The van der Waals surface area contributed by atoms with E-state index in [4.69, 9.17) is 4.52 Å². The number of hydrogen-bond acceptors (Lipinski definition) is 7. The largest absolute Gasteiger partial charge is 0.342 e. The van der Waals surface area contributed by atoms with Gasteiger partial charge in [-0.25, -0.2) is 8.42 Å². The number of rotatable bonds is 6. The van der Waals surface area contributed by atoms with Crippen molar-refractivity contribution < 1.29 is 17.7 Å². The standard InChI is InChI=1S/C19H19N5O4S/c25-18(21-13-15-5-1-2-10-20-15)19-22-17(23-28-19)14-6-8-16(9-7-14)29(26,27)24-11-3-4-12-24/h1-2,5-10H,3-4,11-13H2,(H,21,25). The third kappa shape index (κ3) is 4.17. The molecular weight excluding hydrogens is 394 g/mol. The first kappa shape index (κ1) is 19.2. The quantitative estimate of drug-likeness (QED) is 0.655. The van der Waals surface area contributed by atoms with Gasteiger partial charge in [0.2, 0.25) is 15.8 Å². The van der Waals surface area contributed by atoms with E-state index in [0.29, 0.717) is 24.3 Å². The van der Waals surface area contributed by atoms with Crippen molar-refractivity contribution in [1.29, 1.82) is 0 Å². The van der Waals surface area contributed by atoms with Crippen molar-refractivity contribution in [2.45, 2.75) is 24.3 Å². The van der Waals surface area contributed by atoms with Crippen LogP contribution in [0.15, 0.2) is 58.1 Å². The second kappa shape index (κ2) is 8.10. The average Bonchev–Trinajstić information content (AvgIpc) is 3.45. The number of carbonyl (C=O) groups is 1. The van der Waals surface area contributed by atoms with Gasteiger partial charge in [0.1, 0.15) is 0 Å². The summed E-state index contributed by atoms with van der Waals surface area (Å²) in [5.41, 5.74) is 1.26. The van der Waals surface area contributed by atoms with Gasteiger partial charge in [0.05, 0.1) is 17.1 Å². The second-order valence-corrected chi connectivity index (χ2v) is 8.50. The van der Waals surface area contributed by atoms with Crippen LogP contribution >= 0.6 is 0 Å². The molecule has 3 heterocycles. The minimum absolute atomic E-state index is 0.176. The summed E-state index contributed by atoms with van der Waals surface area (Å²) in [4.78, 5) is 20.6. The maximum Gasteiger partial charge on any atom is 0.316 e. The predicted octanol–water partition coefficient (Wildman–Crippen LogP) is 1.85. The summed E-state index contributed by atoms with van der Waals surface area (Å²) in [5.74, 6) is -0.481. The first-order valence-corrected chi connectivity index (χ1v) is 10.6. The van der Waals surface area contributed by atoms with Crippen molar-refractivity contribution in [3.05, 3.63) is 60.2 Å². The van der Waals surface area contributed by atoms with Crippen LogP contribution in [-0.4, -0.2) is 46.8 Å². The maximum atomic E-state index is 12.6. The van der Waals surface area contributed by atoms with Crippen LogP contribution in [0.25, 0.3) is 11.4 Å². The fourth-order valence-electron chi connectivity index (χ4n) is 3.04. The number of nitrogens with zero attached hydrogens (tertiary/aromatic N) is 4. The van der Waals surface area contributed by atoms with Crippen LogP contribution < -0.4 is 5.32 Å². The number of benzene rings is 1. The summed E-state index contributed by atoms with van der Waals surface area (Å²) in [6.07, 6.45) is 3.40. The third-order valence-corrected chi connectivity index (χ3v) is 6.50. The van der Waals surface area contributed by atoms with E-state index in [-0.39, 0.29) is 23.2 Å². The summed E-state index contributed by atoms with van der Waals surface area (Å²) in [6.45, 7) is 1.33. The number of aromatic nitrogens is 3. The Bertz CT molecular complexity index is 1090. The lowest BCUT2D eigenvalue weighted by Gasteiger charge is -2.15. The zero-order valence-corrected chi connectivity index (χ0v) is 16.3. The fraction of sp³-hybridized carbons (Fsp3) is 0.263. The molecule has 0 saturated carbocycles. The van der Waals surface area contributed by atoms with E-state index in [1.807, 2.05) is 6.07 Å². The van der Waals surface area contributed by atoms with Crippen LogP contribution in [0, 0.1) is 0 Å². The number of sulfonamides is 1. The zero-order valence-electron chi connectivity index (χ0n) is 15.5. The van der Waals surface area contributed by atoms with Crippen molar-refractivity contribution in [3.63, 3.8) is 0 Å². The van der Waals surface area contributed by atoms with Crippen LogP contribution in [0.5, 0.6) is 0 Å². The van der Waals surface area contributed by atoms with Gasteiger partial charge in [-0.1, -0.05) is 11.2 Å². The van der Waals surface area contributed by atoms with Gasteiger partial charge < -0.3 is 9.84 Å². The number of carbonyl (C=O) groups excluding carboxylic acids is 1. The minimum Gasteiger partial charge on any atom is -0.342 e. The van der Waals surface area contributed by atoms with Crippen LogP contribution in [0.2, 0.25) is 0 Å². The zero-order chi connectivity index (χ0) is 20.3. The Kier molecular flexibility index (Phi) is 5.36. The Morgan fingerprint density at radius 1 is 1.10 bits per heavy atom. The molecule has 9 nitrogen and oxygen atoms in total. The molecule has 0 bridgehead atoms. The van der Waals surface area contributed by atoms with E-state index in [1.165, 1.54) is 16.4 Å². The molecule has 3 aromatic rings. The lowest BCUT2D eigenvalue weighted by Crippen LogP contribution is -2.27. The molecular formula is C19H19N5O4S. The Morgan fingerprint density at radius 2 is 1.86 bits per heavy atom. The highest BCUT2D eigenvalue weighted by atomic mass is 32.2. The fourth-order valence-corrected chi connectivity index (χ4v) is 4.55. The van der Waals surface area contributed by atoms with E-state index < -0.39 is 15.9 Å². The van der Waals surface area contributed by atoms with Crippen molar-refractivity contribution in [2.75, 3.05) is 13.1 Å². The summed E-state index contributed by atoms with van der Waals surface area (Å²) in [6, 6.07) is 11.6. The van der Waals surface area contributed by atoms with Gasteiger partial charge in [0.15, 0.2) is 0 Å². The first-order valence-electron chi connectivity index (χ1n) is 9.16. The van der Waals surface area contributed by atoms with Crippen LogP contribution in [-0.2, 0) is 16.6 Å². The topological polar surface area (TPSA) is 118 Å². The summed E-state index contributed by atoms with van der Waals surface area (Å²) in [5, 5.41) is 6.47. The molecule has 1 saturated heterocycles. The van der Waals surface area contributed by atoms with Gasteiger partial charge in [0, 0.05) is 24.8 Å². The van der Waals surface area contributed by atoms with Crippen LogP contribution in [0.3, 0.4) is 0 Å². The van der Waals surface area contributed by atoms with Crippen molar-refractivity contribution >= 4 is 15.9 Å². The molecule has 1 amide bonds. The highest BCUT2D eigenvalue weighted by molar-refractivity contribution is 7.89. The van der Waals surface area contributed by atoms with Gasteiger partial charge in [-0.05, 0) is 49.2 Å². The summed E-state index contributed by atoms with van der Waals surface area (Å²) >= 11 is 0. The van der Waals surface area contributed by atoms with E-state index in [0.717, 1.165) is 12.8 Å². The summed E-state index contributed by atoms with van der Waals surface area (Å²) < 4.78 is 31.7. The molecule has 0 aliphatic carbocycles. The first-order chi connectivity index (χ1) is 14.0. The molecule has 0 atom stereocenters. The van der Waals surface area contributed by atoms with Crippen molar-refractivity contribution in [2.24, 2.45) is 0 Å². The number of nitrogens with one attached hydrogen (secondary N) is 1.